The zero-order valence-corrected chi connectivity index (χ0v) is 11.0. The highest BCUT2D eigenvalue weighted by molar-refractivity contribution is 5.86. The average Bonchev–Trinajstić information content (AvgIpc) is 2.53. The summed E-state index contributed by atoms with van der Waals surface area (Å²) in [5.74, 6) is 5.92. The molecule has 1 N–H and O–H groups in total. The molecule has 0 spiro atoms. The van der Waals surface area contributed by atoms with Crippen molar-refractivity contribution in [3.8, 4) is 11.8 Å². The minimum atomic E-state index is -0.777. The van der Waals surface area contributed by atoms with E-state index in [0.717, 1.165) is 21.9 Å². The highest BCUT2D eigenvalue weighted by atomic mass is 16.3. The summed E-state index contributed by atoms with van der Waals surface area (Å²) in [7, 11) is 0. The monoisotopic (exact) mass is 258 g/mol. The summed E-state index contributed by atoms with van der Waals surface area (Å²) in [5.41, 5.74) is 1.76. The van der Waals surface area contributed by atoms with E-state index in [1.165, 1.54) is 0 Å². The molecule has 1 unspecified atom stereocenters. The molecule has 0 aliphatic rings. The quantitative estimate of drug-likeness (QED) is 0.656. The first kappa shape index (κ1) is 12.5. The van der Waals surface area contributed by atoms with Crippen molar-refractivity contribution in [2.24, 2.45) is 0 Å². The van der Waals surface area contributed by atoms with E-state index in [9.17, 15) is 5.11 Å². The van der Waals surface area contributed by atoms with Crippen molar-refractivity contribution in [3.05, 3.63) is 83.9 Å². The van der Waals surface area contributed by atoms with Crippen LogP contribution in [0.3, 0.4) is 0 Å². The van der Waals surface area contributed by atoms with Gasteiger partial charge in [-0.3, -0.25) is 0 Å². The zero-order valence-electron chi connectivity index (χ0n) is 11.0. The molecule has 3 rings (SSSR count). The fourth-order valence-electron chi connectivity index (χ4n) is 2.24. The predicted molar refractivity (Wildman–Crippen MR) is 82.2 cm³/mol. The highest BCUT2D eigenvalue weighted by Crippen LogP contribution is 2.23. The fourth-order valence-corrected chi connectivity index (χ4v) is 2.24. The summed E-state index contributed by atoms with van der Waals surface area (Å²) in [6.07, 6.45) is -0.777. The summed E-state index contributed by atoms with van der Waals surface area (Å²) in [6, 6.07) is 23.6. The third kappa shape index (κ3) is 2.56. The van der Waals surface area contributed by atoms with Crippen molar-refractivity contribution < 1.29 is 5.11 Å². The lowest BCUT2D eigenvalue weighted by Crippen LogP contribution is -1.95. The SMILES string of the molecule is OC(C#Cc1ccccc1)c1cccc2ccccc12. The van der Waals surface area contributed by atoms with Gasteiger partial charge in [0.1, 0.15) is 6.10 Å². The Bertz CT molecular complexity index is 773. The van der Waals surface area contributed by atoms with Crippen LogP contribution in [0.1, 0.15) is 17.2 Å². The summed E-state index contributed by atoms with van der Waals surface area (Å²) < 4.78 is 0. The van der Waals surface area contributed by atoms with Crippen molar-refractivity contribution >= 4 is 10.8 Å². The van der Waals surface area contributed by atoms with Crippen LogP contribution in [-0.2, 0) is 0 Å². The third-order valence-electron chi connectivity index (χ3n) is 3.24. The van der Waals surface area contributed by atoms with Crippen LogP contribution >= 0.6 is 0 Å². The van der Waals surface area contributed by atoms with E-state index in [1.54, 1.807) is 0 Å². The van der Waals surface area contributed by atoms with E-state index in [0.29, 0.717) is 0 Å². The number of aliphatic hydroxyl groups excluding tert-OH is 1. The number of hydrogen-bond donors (Lipinski definition) is 1. The molecule has 0 aliphatic carbocycles. The first-order valence-corrected chi connectivity index (χ1v) is 6.57. The molecular formula is C19H14O. The van der Waals surface area contributed by atoms with Crippen LogP contribution in [0.5, 0.6) is 0 Å². The van der Waals surface area contributed by atoms with E-state index in [4.69, 9.17) is 0 Å². The Hall–Kier alpha value is -2.56. The minimum absolute atomic E-state index is 0.777. The summed E-state index contributed by atoms with van der Waals surface area (Å²) in [4.78, 5) is 0. The molecule has 0 fully saturated rings. The van der Waals surface area contributed by atoms with Gasteiger partial charge in [-0.2, -0.15) is 0 Å². The molecular weight excluding hydrogens is 244 g/mol. The number of benzene rings is 3. The summed E-state index contributed by atoms with van der Waals surface area (Å²) in [5, 5.41) is 12.5. The van der Waals surface area contributed by atoms with Crippen LogP contribution in [0.15, 0.2) is 72.8 Å². The Balaban J connectivity index is 1.98. The standard InChI is InChI=1S/C19H14O/c20-19(14-13-15-7-2-1-3-8-15)18-12-6-10-16-9-4-5-11-17(16)18/h1-12,19-20H. The van der Waals surface area contributed by atoms with Crippen LogP contribution in [0.2, 0.25) is 0 Å². The number of rotatable bonds is 1. The lowest BCUT2D eigenvalue weighted by atomic mass is 10.0. The molecule has 0 saturated heterocycles. The molecule has 0 amide bonds. The Morgan fingerprint density at radius 2 is 1.45 bits per heavy atom. The van der Waals surface area contributed by atoms with Gasteiger partial charge < -0.3 is 5.11 Å². The van der Waals surface area contributed by atoms with Gasteiger partial charge in [-0.05, 0) is 22.9 Å². The number of fused-ring (bicyclic) bond motifs is 1. The second-order valence-electron chi connectivity index (χ2n) is 4.61. The highest BCUT2D eigenvalue weighted by Gasteiger charge is 2.07. The van der Waals surface area contributed by atoms with E-state index < -0.39 is 6.10 Å². The van der Waals surface area contributed by atoms with Crippen molar-refractivity contribution in [1.82, 2.24) is 0 Å². The maximum Gasteiger partial charge on any atom is 0.141 e. The maximum atomic E-state index is 10.3. The largest absolute Gasteiger partial charge is 0.376 e. The molecule has 96 valence electrons. The van der Waals surface area contributed by atoms with Gasteiger partial charge in [0.15, 0.2) is 0 Å². The summed E-state index contributed by atoms with van der Waals surface area (Å²) >= 11 is 0. The molecule has 0 radical (unpaired) electrons. The van der Waals surface area contributed by atoms with Gasteiger partial charge in [0.2, 0.25) is 0 Å². The first-order valence-electron chi connectivity index (χ1n) is 6.57. The molecule has 0 bridgehead atoms. The Kier molecular flexibility index (Phi) is 3.50. The molecule has 1 atom stereocenters. The zero-order chi connectivity index (χ0) is 13.8. The average molecular weight is 258 g/mol. The maximum absolute atomic E-state index is 10.3. The van der Waals surface area contributed by atoms with E-state index in [1.807, 2.05) is 72.8 Å². The van der Waals surface area contributed by atoms with E-state index in [2.05, 4.69) is 11.8 Å². The van der Waals surface area contributed by atoms with Gasteiger partial charge in [0.25, 0.3) is 0 Å². The van der Waals surface area contributed by atoms with Gasteiger partial charge in [-0.25, -0.2) is 0 Å². The van der Waals surface area contributed by atoms with Gasteiger partial charge in [0, 0.05) is 11.1 Å². The van der Waals surface area contributed by atoms with Crippen LogP contribution in [0, 0.1) is 11.8 Å². The third-order valence-corrected chi connectivity index (χ3v) is 3.24. The van der Waals surface area contributed by atoms with Gasteiger partial charge >= 0.3 is 0 Å². The topological polar surface area (TPSA) is 20.2 Å². The van der Waals surface area contributed by atoms with E-state index in [-0.39, 0.29) is 0 Å². The Morgan fingerprint density at radius 1 is 0.750 bits per heavy atom. The van der Waals surface area contributed by atoms with Crippen molar-refractivity contribution in [2.75, 3.05) is 0 Å². The van der Waals surface area contributed by atoms with Gasteiger partial charge in [-0.1, -0.05) is 72.5 Å². The molecule has 0 aliphatic heterocycles. The van der Waals surface area contributed by atoms with Crippen molar-refractivity contribution in [3.63, 3.8) is 0 Å². The molecule has 20 heavy (non-hydrogen) atoms. The number of hydrogen-bond acceptors (Lipinski definition) is 1. The van der Waals surface area contributed by atoms with Gasteiger partial charge in [0.05, 0.1) is 0 Å². The second kappa shape index (κ2) is 5.61. The molecule has 0 saturated carbocycles. The van der Waals surface area contributed by atoms with Crippen molar-refractivity contribution in [1.29, 1.82) is 0 Å². The number of aliphatic hydroxyl groups is 1. The minimum Gasteiger partial charge on any atom is -0.376 e. The first-order chi connectivity index (χ1) is 9.84. The molecule has 1 nitrogen and oxygen atoms in total. The smallest absolute Gasteiger partial charge is 0.141 e. The molecule has 3 aromatic carbocycles. The van der Waals surface area contributed by atoms with E-state index >= 15 is 0 Å². The normalized spacial score (nSPS) is 11.7. The molecule has 3 aromatic rings. The predicted octanol–water partition coefficient (Wildman–Crippen LogP) is 3.92. The molecule has 1 heteroatoms. The summed E-state index contributed by atoms with van der Waals surface area (Å²) in [6.45, 7) is 0. The fraction of sp³-hybridized carbons (Fsp3) is 0.0526. The Morgan fingerprint density at radius 3 is 2.30 bits per heavy atom. The lowest BCUT2D eigenvalue weighted by molar-refractivity contribution is 0.240. The Labute approximate surface area is 118 Å². The van der Waals surface area contributed by atoms with Crippen LogP contribution in [0.25, 0.3) is 10.8 Å². The van der Waals surface area contributed by atoms with Crippen LogP contribution in [-0.4, -0.2) is 5.11 Å². The van der Waals surface area contributed by atoms with Crippen LogP contribution < -0.4 is 0 Å². The van der Waals surface area contributed by atoms with Crippen LogP contribution in [0.4, 0.5) is 0 Å². The van der Waals surface area contributed by atoms with Gasteiger partial charge in [-0.15, -0.1) is 0 Å². The molecule has 0 aromatic heterocycles. The lowest BCUT2D eigenvalue weighted by Gasteiger charge is -2.08. The molecule has 0 heterocycles. The second-order valence-corrected chi connectivity index (χ2v) is 4.61. The van der Waals surface area contributed by atoms with Crippen molar-refractivity contribution in [2.45, 2.75) is 6.10 Å².